The third kappa shape index (κ3) is 5.12. The number of aromatic nitrogens is 2. The van der Waals surface area contributed by atoms with Gasteiger partial charge in [0.15, 0.2) is 5.16 Å². The molecule has 10 heteroatoms. The van der Waals surface area contributed by atoms with Crippen LogP contribution in [0.4, 0.5) is 11.4 Å². The molecular weight excluding hydrogens is 438 g/mol. The molecule has 1 N–H and O–H groups in total. The maximum atomic E-state index is 12.6. The van der Waals surface area contributed by atoms with Gasteiger partial charge in [-0.3, -0.25) is 14.9 Å². The lowest BCUT2D eigenvalue weighted by Crippen LogP contribution is -2.14. The van der Waals surface area contributed by atoms with E-state index in [1.54, 1.807) is 61.3 Å². The van der Waals surface area contributed by atoms with Crippen molar-refractivity contribution in [1.82, 2.24) is 9.55 Å². The minimum Gasteiger partial charge on any atom is -0.329 e. The smallest absolute Gasteiger partial charge is 0.283 e. The zero-order valence-corrected chi connectivity index (χ0v) is 18.1. The lowest BCUT2D eigenvalue weighted by molar-refractivity contribution is -0.387. The number of halogens is 1. The van der Waals surface area contributed by atoms with Gasteiger partial charge in [-0.15, -0.1) is 0 Å². The maximum absolute atomic E-state index is 12.6. The molecule has 0 aliphatic rings. The summed E-state index contributed by atoms with van der Waals surface area (Å²) in [5, 5.41) is 24.7. The zero-order chi connectivity index (χ0) is 22.5. The molecule has 3 rings (SSSR count). The second-order valence-corrected chi connectivity index (χ2v) is 7.86. The number of carbonyl (C=O) groups excluding carboxylic acids is 1. The highest BCUT2D eigenvalue weighted by molar-refractivity contribution is 7.99. The number of rotatable bonds is 6. The number of nitrogens with one attached hydrogen (secondary N) is 1. The van der Waals surface area contributed by atoms with E-state index in [9.17, 15) is 20.2 Å². The van der Waals surface area contributed by atoms with Crippen LogP contribution in [0.3, 0.4) is 0 Å². The summed E-state index contributed by atoms with van der Waals surface area (Å²) in [4.78, 5) is 28.2. The van der Waals surface area contributed by atoms with Gasteiger partial charge in [-0.05, 0) is 54.1 Å². The van der Waals surface area contributed by atoms with Crippen LogP contribution in [0.25, 0.3) is 6.08 Å². The molecule has 156 valence electrons. The van der Waals surface area contributed by atoms with Gasteiger partial charge >= 0.3 is 0 Å². The molecule has 0 saturated carbocycles. The average Bonchev–Trinajstić information content (AvgIpc) is 3.14. The third-order valence-electron chi connectivity index (χ3n) is 4.35. The molecule has 0 fully saturated rings. The molecule has 0 aliphatic carbocycles. The van der Waals surface area contributed by atoms with Crippen LogP contribution in [-0.2, 0) is 11.8 Å². The highest BCUT2D eigenvalue weighted by Gasteiger charge is 2.18. The zero-order valence-electron chi connectivity index (χ0n) is 16.5. The SMILES string of the molecule is Cc1c(Cl)cccc1NC(=O)C(C#N)=Cc1ccc(Sc2nccn2C)c([N+](=O)[O-])c1. The molecule has 0 radical (unpaired) electrons. The number of hydrogen-bond acceptors (Lipinski definition) is 6. The maximum Gasteiger partial charge on any atom is 0.283 e. The second-order valence-electron chi connectivity index (χ2n) is 6.44. The molecule has 0 spiro atoms. The van der Waals surface area contributed by atoms with Crippen molar-refractivity contribution in [3.8, 4) is 6.07 Å². The van der Waals surface area contributed by atoms with Crippen molar-refractivity contribution in [3.05, 3.63) is 80.6 Å². The first-order chi connectivity index (χ1) is 14.8. The Hall–Kier alpha value is -3.61. The van der Waals surface area contributed by atoms with Crippen molar-refractivity contribution in [1.29, 1.82) is 5.26 Å². The van der Waals surface area contributed by atoms with Gasteiger partial charge in [0.05, 0.1) is 9.82 Å². The first-order valence-electron chi connectivity index (χ1n) is 8.92. The molecule has 1 amide bonds. The molecule has 1 heterocycles. The van der Waals surface area contributed by atoms with E-state index < -0.39 is 10.8 Å². The summed E-state index contributed by atoms with van der Waals surface area (Å²) < 4.78 is 1.75. The molecule has 0 atom stereocenters. The fourth-order valence-corrected chi connectivity index (χ4v) is 3.71. The van der Waals surface area contributed by atoms with E-state index in [1.807, 2.05) is 6.07 Å². The Labute approximate surface area is 187 Å². The normalized spacial score (nSPS) is 11.1. The number of carbonyl (C=O) groups is 1. The number of nitro benzene ring substituents is 1. The Bertz CT molecular complexity index is 1250. The number of nitrogens with zero attached hydrogens (tertiary/aromatic N) is 4. The fourth-order valence-electron chi connectivity index (χ4n) is 2.65. The monoisotopic (exact) mass is 453 g/mol. The molecule has 2 aromatic carbocycles. The fraction of sp³-hybridized carbons (Fsp3) is 0.0952. The minimum atomic E-state index is -0.637. The van der Waals surface area contributed by atoms with Crippen LogP contribution >= 0.6 is 23.4 Å². The van der Waals surface area contributed by atoms with E-state index in [1.165, 1.54) is 12.1 Å². The first kappa shape index (κ1) is 22.1. The summed E-state index contributed by atoms with van der Waals surface area (Å²) in [6.45, 7) is 1.75. The molecule has 0 saturated heterocycles. The van der Waals surface area contributed by atoms with Crippen molar-refractivity contribution in [2.45, 2.75) is 17.0 Å². The van der Waals surface area contributed by atoms with Gasteiger partial charge < -0.3 is 9.88 Å². The predicted molar refractivity (Wildman–Crippen MR) is 119 cm³/mol. The summed E-state index contributed by atoms with van der Waals surface area (Å²) in [5.74, 6) is -0.637. The van der Waals surface area contributed by atoms with Crippen molar-refractivity contribution in [2.24, 2.45) is 7.05 Å². The topological polar surface area (TPSA) is 114 Å². The number of imidazole rings is 1. The number of amides is 1. The Kier molecular flexibility index (Phi) is 6.74. The number of anilines is 1. The molecule has 3 aromatic rings. The highest BCUT2D eigenvalue weighted by Crippen LogP contribution is 2.34. The number of hydrogen-bond donors (Lipinski definition) is 1. The summed E-state index contributed by atoms with van der Waals surface area (Å²) in [6, 6.07) is 11.4. The third-order valence-corrected chi connectivity index (χ3v) is 5.90. The van der Waals surface area contributed by atoms with Gasteiger partial charge in [-0.1, -0.05) is 23.7 Å². The lowest BCUT2D eigenvalue weighted by Gasteiger charge is -2.09. The Morgan fingerprint density at radius 3 is 2.81 bits per heavy atom. The van der Waals surface area contributed by atoms with Crippen LogP contribution in [0.2, 0.25) is 5.02 Å². The van der Waals surface area contributed by atoms with Crippen molar-refractivity contribution < 1.29 is 9.72 Å². The van der Waals surface area contributed by atoms with Crippen LogP contribution in [-0.4, -0.2) is 20.4 Å². The van der Waals surface area contributed by atoms with Gasteiger partial charge in [0.1, 0.15) is 11.6 Å². The quantitative estimate of drug-likeness (QED) is 0.243. The highest BCUT2D eigenvalue weighted by atomic mass is 35.5. The van der Waals surface area contributed by atoms with Gasteiger partial charge in [-0.25, -0.2) is 4.98 Å². The van der Waals surface area contributed by atoms with E-state index in [4.69, 9.17) is 11.6 Å². The van der Waals surface area contributed by atoms with Crippen molar-refractivity contribution in [2.75, 3.05) is 5.32 Å². The van der Waals surface area contributed by atoms with Crippen LogP contribution in [0, 0.1) is 28.4 Å². The Morgan fingerprint density at radius 2 is 2.16 bits per heavy atom. The molecule has 1 aromatic heterocycles. The second kappa shape index (κ2) is 9.47. The number of nitriles is 1. The average molecular weight is 454 g/mol. The van der Waals surface area contributed by atoms with E-state index in [-0.39, 0.29) is 11.3 Å². The van der Waals surface area contributed by atoms with Gasteiger partial charge in [0.2, 0.25) is 0 Å². The molecule has 0 unspecified atom stereocenters. The largest absolute Gasteiger partial charge is 0.329 e. The summed E-state index contributed by atoms with van der Waals surface area (Å²) >= 11 is 7.21. The van der Waals surface area contributed by atoms with Crippen LogP contribution < -0.4 is 5.32 Å². The van der Waals surface area contributed by atoms with Crippen LogP contribution in [0.15, 0.2) is 64.4 Å². The van der Waals surface area contributed by atoms with Gasteiger partial charge in [0, 0.05) is 36.2 Å². The van der Waals surface area contributed by atoms with Crippen LogP contribution in [0.1, 0.15) is 11.1 Å². The number of benzene rings is 2. The van der Waals surface area contributed by atoms with E-state index in [0.717, 1.165) is 11.8 Å². The van der Waals surface area contributed by atoms with Gasteiger partial charge in [-0.2, -0.15) is 5.26 Å². The van der Waals surface area contributed by atoms with Gasteiger partial charge in [0.25, 0.3) is 11.6 Å². The van der Waals surface area contributed by atoms with Crippen molar-refractivity contribution in [3.63, 3.8) is 0 Å². The summed E-state index contributed by atoms with van der Waals surface area (Å²) in [7, 11) is 1.79. The minimum absolute atomic E-state index is 0.148. The molecule has 8 nitrogen and oxygen atoms in total. The number of aryl methyl sites for hydroxylation is 1. The van der Waals surface area contributed by atoms with E-state index >= 15 is 0 Å². The lowest BCUT2D eigenvalue weighted by atomic mass is 10.1. The van der Waals surface area contributed by atoms with Crippen LogP contribution in [0.5, 0.6) is 0 Å². The Balaban J connectivity index is 1.89. The van der Waals surface area contributed by atoms with E-state index in [2.05, 4.69) is 10.3 Å². The summed E-state index contributed by atoms with van der Waals surface area (Å²) in [5.41, 5.74) is 1.15. The molecule has 31 heavy (non-hydrogen) atoms. The van der Waals surface area contributed by atoms with Crippen molar-refractivity contribution >= 4 is 46.7 Å². The predicted octanol–water partition coefficient (Wildman–Crippen LogP) is 4.99. The first-order valence-corrected chi connectivity index (χ1v) is 10.1. The van der Waals surface area contributed by atoms with E-state index in [0.29, 0.717) is 31.9 Å². The molecule has 0 bridgehead atoms. The standard InChI is InChI=1S/C21H16ClN5O3S/c1-13-16(22)4-3-5-17(13)25-20(28)15(12-23)10-14-6-7-19(18(11-14)27(29)30)31-21-24-8-9-26(21)2/h3-11H,1-2H3,(H,25,28). The number of nitro groups is 1. The molecule has 0 aliphatic heterocycles. The Morgan fingerprint density at radius 1 is 1.39 bits per heavy atom. The summed E-state index contributed by atoms with van der Waals surface area (Å²) in [6.07, 6.45) is 4.65. The molecular formula is C21H16ClN5O3S.